The van der Waals surface area contributed by atoms with Crippen molar-refractivity contribution in [2.45, 2.75) is 38.3 Å². The molecular weight excluding hydrogens is 376 g/mol. The molecule has 5 heteroatoms. The third-order valence-electron chi connectivity index (χ3n) is 6.62. The number of ether oxygens (including phenoxy) is 2. The Kier molecular flexibility index (Phi) is 5.63. The molecule has 5 nitrogen and oxygen atoms in total. The number of carbonyl (C=O) groups excluding carboxylic acids is 1. The van der Waals surface area contributed by atoms with Crippen LogP contribution in [0.2, 0.25) is 0 Å². The van der Waals surface area contributed by atoms with Crippen molar-refractivity contribution < 1.29 is 14.3 Å². The van der Waals surface area contributed by atoms with Gasteiger partial charge in [0.15, 0.2) is 17.6 Å². The van der Waals surface area contributed by atoms with Gasteiger partial charge in [-0.15, -0.1) is 0 Å². The highest BCUT2D eigenvalue weighted by Crippen LogP contribution is 2.36. The summed E-state index contributed by atoms with van der Waals surface area (Å²) in [4.78, 5) is 16.5. The van der Waals surface area contributed by atoms with Crippen molar-refractivity contribution in [3.8, 4) is 11.5 Å². The predicted molar refractivity (Wildman–Crippen MR) is 116 cm³/mol. The summed E-state index contributed by atoms with van der Waals surface area (Å²) in [6.45, 7) is 5.69. The van der Waals surface area contributed by atoms with Gasteiger partial charge in [-0.05, 0) is 61.5 Å². The Morgan fingerprint density at radius 1 is 0.933 bits per heavy atom. The van der Waals surface area contributed by atoms with E-state index < -0.39 is 0 Å². The number of carbonyl (C=O) groups is 1. The molecule has 0 aliphatic carbocycles. The maximum Gasteiger partial charge on any atom is 0.222 e. The number of hydrogen-bond acceptors (Lipinski definition) is 4. The Labute approximate surface area is 178 Å². The summed E-state index contributed by atoms with van der Waals surface area (Å²) in [7, 11) is 0. The van der Waals surface area contributed by atoms with Gasteiger partial charge >= 0.3 is 0 Å². The van der Waals surface area contributed by atoms with Crippen LogP contribution in [0.25, 0.3) is 0 Å². The van der Waals surface area contributed by atoms with Gasteiger partial charge < -0.3 is 14.4 Å². The molecular formula is C25H30N2O3. The van der Waals surface area contributed by atoms with E-state index in [0.29, 0.717) is 18.4 Å². The van der Waals surface area contributed by atoms with Crippen LogP contribution in [-0.4, -0.2) is 48.5 Å². The largest absolute Gasteiger partial charge is 0.485 e. The van der Waals surface area contributed by atoms with Gasteiger partial charge in [-0.2, -0.15) is 0 Å². The molecule has 3 aliphatic heterocycles. The second-order valence-corrected chi connectivity index (χ2v) is 8.77. The van der Waals surface area contributed by atoms with E-state index in [0.717, 1.165) is 62.6 Å². The summed E-state index contributed by atoms with van der Waals surface area (Å²) >= 11 is 0. The maximum absolute atomic E-state index is 11.9. The van der Waals surface area contributed by atoms with Crippen molar-refractivity contribution in [2.75, 3.05) is 32.8 Å². The van der Waals surface area contributed by atoms with Gasteiger partial charge in [0.2, 0.25) is 5.91 Å². The lowest BCUT2D eigenvalue weighted by molar-refractivity contribution is -0.128. The molecule has 0 saturated carbocycles. The van der Waals surface area contributed by atoms with Crippen LogP contribution in [0.5, 0.6) is 11.5 Å². The molecule has 1 amide bonds. The van der Waals surface area contributed by atoms with Gasteiger partial charge in [0, 0.05) is 26.1 Å². The summed E-state index contributed by atoms with van der Waals surface area (Å²) in [5.74, 6) is 2.66. The van der Waals surface area contributed by atoms with Gasteiger partial charge in [-0.1, -0.05) is 36.4 Å². The zero-order valence-corrected chi connectivity index (χ0v) is 17.5. The number of fused-ring (bicyclic) bond motifs is 1. The standard InChI is InChI=1S/C25H30N2O3/c28-25-6-3-13-27(25)17-20-11-14-26(15-12-20)16-19-7-9-21(10-8-19)24-18-29-22-4-1-2-5-23(22)30-24/h1-2,4-5,7-10,20,24H,3,6,11-18H2/t24-/m0/s1. The molecule has 2 aromatic rings. The molecule has 5 rings (SSSR count). The van der Waals surface area contributed by atoms with Crippen molar-refractivity contribution in [1.29, 1.82) is 0 Å². The van der Waals surface area contributed by atoms with Gasteiger partial charge in [-0.3, -0.25) is 9.69 Å². The van der Waals surface area contributed by atoms with Gasteiger partial charge in [0.25, 0.3) is 0 Å². The lowest BCUT2D eigenvalue weighted by atomic mass is 9.95. The fourth-order valence-corrected chi connectivity index (χ4v) is 4.82. The smallest absolute Gasteiger partial charge is 0.222 e. The van der Waals surface area contributed by atoms with Gasteiger partial charge in [-0.25, -0.2) is 0 Å². The average molecular weight is 407 g/mol. The average Bonchev–Trinajstić information content (AvgIpc) is 3.19. The summed E-state index contributed by atoms with van der Waals surface area (Å²) in [5.41, 5.74) is 2.49. The SMILES string of the molecule is O=C1CCCN1CC1CCN(Cc2ccc([C@@H]3COc4ccccc4O3)cc2)CC1. The van der Waals surface area contributed by atoms with E-state index in [1.165, 1.54) is 18.4 Å². The molecule has 0 N–H and O–H groups in total. The summed E-state index contributed by atoms with van der Waals surface area (Å²) < 4.78 is 12.0. The molecule has 2 fully saturated rings. The normalized spacial score (nSPS) is 22.5. The topological polar surface area (TPSA) is 42.0 Å². The minimum absolute atomic E-state index is 0.0574. The molecule has 0 spiro atoms. The van der Waals surface area contributed by atoms with E-state index in [1.54, 1.807) is 0 Å². The fourth-order valence-electron chi connectivity index (χ4n) is 4.82. The van der Waals surface area contributed by atoms with E-state index in [9.17, 15) is 4.79 Å². The number of nitrogens with zero attached hydrogens (tertiary/aromatic N) is 2. The first-order valence-electron chi connectivity index (χ1n) is 11.2. The third kappa shape index (κ3) is 4.31. The van der Waals surface area contributed by atoms with Crippen LogP contribution in [0.1, 0.15) is 42.9 Å². The third-order valence-corrected chi connectivity index (χ3v) is 6.62. The van der Waals surface area contributed by atoms with Crippen molar-refractivity contribution >= 4 is 5.91 Å². The highest BCUT2D eigenvalue weighted by molar-refractivity contribution is 5.78. The van der Waals surface area contributed by atoms with Gasteiger partial charge in [0.05, 0.1) is 0 Å². The van der Waals surface area contributed by atoms with Crippen molar-refractivity contribution in [2.24, 2.45) is 5.92 Å². The first kappa shape index (κ1) is 19.4. The van der Waals surface area contributed by atoms with E-state index in [-0.39, 0.29) is 6.10 Å². The molecule has 158 valence electrons. The minimum Gasteiger partial charge on any atom is -0.485 e. The highest BCUT2D eigenvalue weighted by atomic mass is 16.6. The molecule has 3 aliphatic rings. The molecule has 0 bridgehead atoms. The Morgan fingerprint density at radius 2 is 1.70 bits per heavy atom. The van der Waals surface area contributed by atoms with Crippen LogP contribution >= 0.6 is 0 Å². The van der Waals surface area contributed by atoms with Crippen LogP contribution < -0.4 is 9.47 Å². The number of likely N-dealkylation sites (tertiary alicyclic amines) is 2. The fraction of sp³-hybridized carbons (Fsp3) is 0.480. The predicted octanol–water partition coefficient (Wildman–Crippen LogP) is 4.03. The van der Waals surface area contributed by atoms with Crippen molar-refractivity contribution in [3.05, 3.63) is 59.7 Å². The Bertz CT molecular complexity index is 874. The summed E-state index contributed by atoms with van der Waals surface area (Å²) in [6, 6.07) is 16.6. The lowest BCUT2D eigenvalue weighted by Gasteiger charge is -2.34. The molecule has 30 heavy (non-hydrogen) atoms. The Balaban J connectivity index is 1.12. The van der Waals surface area contributed by atoms with Crippen LogP contribution in [0, 0.1) is 5.92 Å². The summed E-state index contributed by atoms with van der Waals surface area (Å²) in [5, 5.41) is 0. The molecule has 1 atom stereocenters. The molecule has 2 saturated heterocycles. The zero-order chi connectivity index (χ0) is 20.3. The van der Waals surface area contributed by atoms with Gasteiger partial charge in [0.1, 0.15) is 6.61 Å². The Hall–Kier alpha value is -2.53. The van der Waals surface area contributed by atoms with E-state index in [1.807, 2.05) is 24.3 Å². The first-order valence-corrected chi connectivity index (χ1v) is 11.2. The maximum atomic E-state index is 11.9. The second kappa shape index (κ2) is 8.68. The zero-order valence-electron chi connectivity index (χ0n) is 17.5. The molecule has 3 heterocycles. The van der Waals surface area contributed by atoms with Crippen LogP contribution in [-0.2, 0) is 11.3 Å². The monoisotopic (exact) mass is 406 g/mol. The van der Waals surface area contributed by atoms with Crippen LogP contribution in [0.15, 0.2) is 48.5 Å². The van der Waals surface area contributed by atoms with E-state index >= 15 is 0 Å². The summed E-state index contributed by atoms with van der Waals surface area (Å²) in [6.07, 6.45) is 4.11. The molecule has 0 unspecified atom stereocenters. The van der Waals surface area contributed by atoms with E-state index in [2.05, 4.69) is 34.1 Å². The number of amides is 1. The first-order chi connectivity index (χ1) is 14.7. The molecule has 2 aromatic carbocycles. The van der Waals surface area contributed by atoms with E-state index in [4.69, 9.17) is 9.47 Å². The second-order valence-electron chi connectivity index (χ2n) is 8.77. The minimum atomic E-state index is -0.0574. The Morgan fingerprint density at radius 3 is 2.43 bits per heavy atom. The van der Waals surface area contributed by atoms with Crippen molar-refractivity contribution in [1.82, 2.24) is 9.80 Å². The quantitative estimate of drug-likeness (QED) is 0.752. The highest BCUT2D eigenvalue weighted by Gasteiger charge is 2.26. The molecule has 0 radical (unpaired) electrons. The molecule has 0 aromatic heterocycles. The van der Waals surface area contributed by atoms with Crippen LogP contribution in [0.4, 0.5) is 0 Å². The number of piperidine rings is 1. The number of para-hydroxylation sites is 2. The van der Waals surface area contributed by atoms with Crippen molar-refractivity contribution in [3.63, 3.8) is 0 Å². The lowest BCUT2D eigenvalue weighted by Crippen LogP contribution is -2.38. The number of rotatable bonds is 5. The van der Waals surface area contributed by atoms with Crippen LogP contribution in [0.3, 0.4) is 0 Å². The number of benzene rings is 2. The number of hydrogen-bond donors (Lipinski definition) is 0.